The third-order valence-electron chi connectivity index (χ3n) is 3.57. The first kappa shape index (κ1) is 21.8. The highest BCUT2D eigenvalue weighted by molar-refractivity contribution is 5.91. The molecule has 0 unspecified atom stereocenters. The number of nitrogens with two attached hydrogens (primary N) is 2. The molecule has 146 valence electrons. The number of benzene rings is 1. The molecule has 0 heterocycles. The van der Waals surface area contributed by atoms with Gasteiger partial charge in [0.05, 0.1) is 5.70 Å². The first-order valence-corrected chi connectivity index (χ1v) is 8.57. The zero-order valence-electron chi connectivity index (χ0n) is 15.5. The van der Waals surface area contributed by atoms with Crippen LogP contribution in [0, 0.1) is 0 Å². The summed E-state index contributed by atoms with van der Waals surface area (Å²) in [6, 6.07) is 9.47. The molecule has 1 rings (SSSR count). The molecule has 0 radical (unpaired) electrons. The lowest BCUT2D eigenvalue weighted by Crippen LogP contribution is -2.26. The summed E-state index contributed by atoms with van der Waals surface area (Å²) >= 11 is 0. The Balaban J connectivity index is 2.23. The van der Waals surface area contributed by atoms with Crippen molar-refractivity contribution < 1.29 is 14.3 Å². The van der Waals surface area contributed by atoms with Gasteiger partial charge in [0.2, 0.25) is 5.91 Å². The van der Waals surface area contributed by atoms with E-state index in [9.17, 15) is 9.59 Å². The molecule has 0 aliphatic heterocycles. The summed E-state index contributed by atoms with van der Waals surface area (Å²) in [6.07, 6.45) is 2.51. The molecule has 0 aliphatic rings. The van der Waals surface area contributed by atoms with E-state index < -0.39 is 12.0 Å². The molecule has 1 aromatic carbocycles. The van der Waals surface area contributed by atoms with Gasteiger partial charge in [-0.05, 0) is 38.1 Å². The van der Waals surface area contributed by atoms with Gasteiger partial charge in [-0.15, -0.1) is 0 Å². The number of alkyl carbamates (subject to hydrolysis) is 1. The van der Waals surface area contributed by atoms with Crippen LogP contribution in [-0.2, 0) is 16.1 Å². The van der Waals surface area contributed by atoms with Crippen LogP contribution in [0.2, 0.25) is 0 Å². The van der Waals surface area contributed by atoms with Gasteiger partial charge in [-0.3, -0.25) is 4.79 Å². The minimum absolute atomic E-state index is 0.241. The molecule has 0 bridgehead atoms. The molecule has 8 heteroatoms. The van der Waals surface area contributed by atoms with Crippen molar-refractivity contribution in [2.24, 2.45) is 16.5 Å². The monoisotopic (exact) mass is 373 g/mol. The highest BCUT2D eigenvalue weighted by atomic mass is 16.5. The minimum atomic E-state index is -0.549. The predicted octanol–water partition coefficient (Wildman–Crippen LogP) is 1.54. The smallest absolute Gasteiger partial charge is 0.407 e. The standard InChI is InChI=1S/C19H27N5O3/c1-14(17(21)25)12-16(20)18(22-2)23-10-6-7-11-24-19(26)27-13-15-8-4-3-5-9-15/h3-5,8-9,12,23H,2,6-7,10-11,13,20H2,1H3,(H2,21,25)(H,24,26)/b14-12+,18-16-. The van der Waals surface area contributed by atoms with E-state index in [0.29, 0.717) is 24.5 Å². The normalized spacial score (nSPS) is 12.0. The maximum atomic E-state index is 11.6. The van der Waals surface area contributed by atoms with Gasteiger partial charge in [-0.25, -0.2) is 9.79 Å². The van der Waals surface area contributed by atoms with E-state index in [1.165, 1.54) is 6.08 Å². The molecule has 0 saturated heterocycles. The van der Waals surface area contributed by atoms with Gasteiger partial charge in [0.1, 0.15) is 12.4 Å². The van der Waals surface area contributed by atoms with Crippen LogP contribution >= 0.6 is 0 Å². The number of unbranched alkanes of at least 4 members (excludes halogenated alkanes) is 1. The summed E-state index contributed by atoms with van der Waals surface area (Å²) in [6.45, 7) is 6.33. The summed E-state index contributed by atoms with van der Waals surface area (Å²) in [7, 11) is 0. The van der Waals surface area contributed by atoms with Crippen molar-refractivity contribution >= 4 is 18.7 Å². The largest absolute Gasteiger partial charge is 0.445 e. The van der Waals surface area contributed by atoms with Gasteiger partial charge in [0.25, 0.3) is 0 Å². The Morgan fingerprint density at radius 3 is 2.37 bits per heavy atom. The second-order valence-corrected chi connectivity index (χ2v) is 5.78. The number of carbonyl (C=O) groups excluding carboxylic acids is 2. The van der Waals surface area contributed by atoms with Gasteiger partial charge in [-0.1, -0.05) is 30.3 Å². The number of allylic oxidation sites excluding steroid dienone is 1. The molecule has 0 fully saturated rings. The van der Waals surface area contributed by atoms with Gasteiger partial charge >= 0.3 is 6.09 Å². The maximum Gasteiger partial charge on any atom is 0.407 e. The molecule has 0 aliphatic carbocycles. The maximum absolute atomic E-state index is 11.6. The summed E-state index contributed by atoms with van der Waals surface area (Å²) in [4.78, 5) is 26.4. The topological polar surface area (TPSA) is 132 Å². The van der Waals surface area contributed by atoms with E-state index in [2.05, 4.69) is 22.3 Å². The third kappa shape index (κ3) is 9.10. The number of aliphatic imine (C=N–C) groups is 1. The summed E-state index contributed by atoms with van der Waals surface area (Å²) in [5.74, 6) is -0.169. The molecular weight excluding hydrogens is 346 g/mol. The van der Waals surface area contributed by atoms with Crippen LogP contribution in [0.3, 0.4) is 0 Å². The van der Waals surface area contributed by atoms with Crippen LogP contribution in [0.25, 0.3) is 0 Å². The number of nitrogens with one attached hydrogen (secondary N) is 2. The fraction of sp³-hybridized carbons (Fsp3) is 0.316. The lowest BCUT2D eigenvalue weighted by atomic mass is 10.2. The second-order valence-electron chi connectivity index (χ2n) is 5.78. The molecule has 0 spiro atoms. The lowest BCUT2D eigenvalue weighted by molar-refractivity contribution is -0.114. The lowest BCUT2D eigenvalue weighted by Gasteiger charge is -2.09. The van der Waals surface area contributed by atoms with Crippen LogP contribution in [0.4, 0.5) is 4.79 Å². The number of rotatable bonds is 11. The minimum Gasteiger partial charge on any atom is -0.445 e. The zero-order chi connectivity index (χ0) is 20.1. The molecular formula is C19H27N5O3. The average molecular weight is 373 g/mol. The third-order valence-corrected chi connectivity index (χ3v) is 3.57. The fourth-order valence-electron chi connectivity index (χ4n) is 2.04. The summed E-state index contributed by atoms with van der Waals surface area (Å²) in [5.41, 5.74) is 12.6. The number of hydrogen-bond donors (Lipinski definition) is 4. The van der Waals surface area contributed by atoms with Crippen LogP contribution < -0.4 is 22.1 Å². The van der Waals surface area contributed by atoms with Gasteiger partial charge in [-0.2, -0.15) is 0 Å². The van der Waals surface area contributed by atoms with Crippen molar-refractivity contribution in [1.82, 2.24) is 10.6 Å². The first-order chi connectivity index (χ1) is 12.9. The Morgan fingerprint density at radius 2 is 1.78 bits per heavy atom. The molecule has 2 amide bonds. The van der Waals surface area contributed by atoms with E-state index in [-0.39, 0.29) is 12.3 Å². The van der Waals surface area contributed by atoms with E-state index in [0.717, 1.165) is 18.4 Å². The SMILES string of the molecule is C=N/C(NCCCCNC(=O)OCc1ccccc1)=C(N)\C=C(/C)C(N)=O. The van der Waals surface area contributed by atoms with Crippen molar-refractivity contribution in [3.05, 3.63) is 59.1 Å². The molecule has 0 aromatic heterocycles. The van der Waals surface area contributed by atoms with Crippen LogP contribution in [0.5, 0.6) is 0 Å². The Labute approximate surface area is 159 Å². The Kier molecular flexibility index (Phi) is 9.77. The highest BCUT2D eigenvalue weighted by Gasteiger charge is 2.04. The van der Waals surface area contributed by atoms with Crippen molar-refractivity contribution in [3.63, 3.8) is 0 Å². The van der Waals surface area contributed by atoms with Crippen LogP contribution in [0.1, 0.15) is 25.3 Å². The van der Waals surface area contributed by atoms with E-state index in [1.54, 1.807) is 6.92 Å². The van der Waals surface area contributed by atoms with Gasteiger partial charge < -0.3 is 26.8 Å². The Bertz CT molecular complexity index is 699. The van der Waals surface area contributed by atoms with Gasteiger partial charge in [0, 0.05) is 18.7 Å². The van der Waals surface area contributed by atoms with E-state index in [4.69, 9.17) is 16.2 Å². The number of nitrogens with zero attached hydrogens (tertiary/aromatic N) is 1. The molecule has 27 heavy (non-hydrogen) atoms. The quantitative estimate of drug-likeness (QED) is 0.202. The number of ether oxygens (including phenoxy) is 1. The van der Waals surface area contributed by atoms with Crippen molar-refractivity contribution in [2.75, 3.05) is 13.1 Å². The van der Waals surface area contributed by atoms with E-state index >= 15 is 0 Å². The number of hydrogen-bond acceptors (Lipinski definition) is 6. The highest BCUT2D eigenvalue weighted by Crippen LogP contribution is 2.03. The van der Waals surface area contributed by atoms with Crippen LogP contribution in [-0.4, -0.2) is 31.8 Å². The summed E-state index contributed by atoms with van der Waals surface area (Å²) < 4.78 is 5.12. The first-order valence-electron chi connectivity index (χ1n) is 8.57. The van der Waals surface area contributed by atoms with E-state index in [1.807, 2.05) is 30.3 Å². The Morgan fingerprint density at radius 1 is 1.15 bits per heavy atom. The van der Waals surface area contributed by atoms with Crippen molar-refractivity contribution in [1.29, 1.82) is 0 Å². The van der Waals surface area contributed by atoms with Gasteiger partial charge in [0.15, 0.2) is 0 Å². The van der Waals surface area contributed by atoms with Crippen molar-refractivity contribution in [3.8, 4) is 0 Å². The Hall–Kier alpha value is -3.29. The molecule has 0 atom stereocenters. The predicted molar refractivity (Wildman–Crippen MR) is 106 cm³/mol. The second kappa shape index (κ2) is 12.1. The molecule has 1 aromatic rings. The average Bonchev–Trinajstić information content (AvgIpc) is 2.66. The summed E-state index contributed by atoms with van der Waals surface area (Å²) in [5, 5.41) is 5.73. The van der Waals surface area contributed by atoms with Crippen molar-refractivity contribution in [2.45, 2.75) is 26.4 Å². The van der Waals surface area contributed by atoms with Crippen LogP contribution in [0.15, 0.2) is 58.5 Å². The number of carbonyl (C=O) groups is 2. The molecule has 6 N–H and O–H groups in total. The number of primary amides is 1. The molecule has 0 saturated carbocycles. The fourth-order valence-corrected chi connectivity index (χ4v) is 2.04. The molecule has 8 nitrogen and oxygen atoms in total. The number of amides is 2. The zero-order valence-corrected chi connectivity index (χ0v) is 15.5.